The Morgan fingerprint density at radius 2 is 1.75 bits per heavy atom. The molecule has 4 aromatic rings. The van der Waals surface area contributed by atoms with E-state index in [1.807, 2.05) is 5.32 Å². The molecular weight excluding hydrogens is 659 g/mol. The lowest BCUT2D eigenvalue weighted by atomic mass is 10.1. The van der Waals surface area contributed by atoms with Crippen molar-refractivity contribution in [2.24, 2.45) is 0 Å². The maximum absolute atomic E-state index is 15.3. The van der Waals surface area contributed by atoms with Crippen molar-refractivity contribution in [2.75, 3.05) is 66.9 Å². The van der Waals surface area contributed by atoms with Crippen LogP contribution >= 0.6 is 0 Å². The third-order valence-electron chi connectivity index (χ3n) is 7.22. The highest BCUT2D eigenvalue weighted by Gasteiger charge is 2.31. The van der Waals surface area contributed by atoms with E-state index in [1.54, 1.807) is 24.3 Å². The molecule has 1 fully saturated rings. The Kier molecular flexibility index (Phi) is 10.4. The topological polar surface area (TPSA) is 144 Å². The summed E-state index contributed by atoms with van der Waals surface area (Å²) in [6.07, 6.45) is -1.98. The van der Waals surface area contributed by atoms with E-state index in [0.717, 1.165) is 19.2 Å². The Labute approximate surface area is 272 Å². The van der Waals surface area contributed by atoms with Gasteiger partial charge in [0.1, 0.15) is 17.5 Å². The molecule has 48 heavy (non-hydrogen) atoms. The number of morpholine rings is 1. The minimum atomic E-state index is -4.76. The standard InChI is InChI=1S/C31H31F5N8O3S/c1-48(37,46)22-4-2-3-21(17-22)40-29-39-18-23(28(43-29)38-9-10-44-11-13-47-14-12-44)19-5-8-26(25(33)15-19)41-30(45)42-27-16-20(31(34,35)36)6-7-24(27)32/h2-8,15-18,37H,9-14H2,1H3,(H2,41,42,45)(H2,38,39,40,43)/t48-/m0/s1. The first-order chi connectivity index (χ1) is 22.8. The number of ether oxygens (including phenoxy) is 1. The SMILES string of the molecule is C[S@](=N)(=O)c1cccc(Nc2ncc(-c3ccc(NC(=O)Nc4cc(C(F)(F)F)ccc4F)c(F)c3)c(NCCN3CCOCC3)n2)c1. The Bertz CT molecular complexity index is 1900. The summed E-state index contributed by atoms with van der Waals surface area (Å²) in [5.41, 5.74) is -0.949. The Hall–Kier alpha value is -4.87. The molecule has 0 bridgehead atoms. The zero-order valence-corrected chi connectivity index (χ0v) is 26.3. The van der Waals surface area contributed by atoms with Gasteiger partial charge in [0.25, 0.3) is 0 Å². The summed E-state index contributed by atoms with van der Waals surface area (Å²) in [4.78, 5) is 23.9. The van der Waals surface area contributed by atoms with Crippen LogP contribution in [0.4, 0.5) is 55.6 Å². The van der Waals surface area contributed by atoms with E-state index in [9.17, 15) is 26.6 Å². The highest BCUT2D eigenvalue weighted by atomic mass is 32.2. The molecule has 0 saturated carbocycles. The number of hydrogen-bond acceptors (Lipinski definition) is 9. The van der Waals surface area contributed by atoms with Crippen molar-refractivity contribution < 1.29 is 35.7 Å². The fourth-order valence-corrected chi connectivity index (χ4v) is 5.44. The van der Waals surface area contributed by atoms with Crippen LogP contribution in [0, 0.1) is 16.4 Å². The number of alkyl halides is 3. The van der Waals surface area contributed by atoms with Crippen molar-refractivity contribution in [3.63, 3.8) is 0 Å². The van der Waals surface area contributed by atoms with Crippen molar-refractivity contribution in [2.45, 2.75) is 11.1 Å². The van der Waals surface area contributed by atoms with E-state index in [0.29, 0.717) is 72.0 Å². The van der Waals surface area contributed by atoms with E-state index in [-0.39, 0.29) is 11.6 Å². The van der Waals surface area contributed by atoms with Crippen LogP contribution in [0.15, 0.2) is 71.8 Å². The zero-order valence-electron chi connectivity index (χ0n) is 25.5. The molecule has 254 valence electrons. The molecule has 11 nitrogen and oxygen atoms in total. The van der Waals surface area contributed by atoms with Crippen LogP contribution < -0.4 is 21.3 Å². The summed E-state index contributed by atoms with van der Waals surface area (Å²) >= 11 is 0. The monoisotopic (exact) mass is 690 g/mol. The second-order valence-corrected chi connectivity index (χ2v) is 13.0. The minimum absolute atomic E-state index is 0.176. The summed E-state index contributed by atoms with van der Waals surface area (Å²) in [7, 11) is -2.96. The Morgan fingerprint density at radius 1 is 1.00 bits per heavy atom. The molecule has 0 radical (unpaired) electrons. The number of nitrogens with zero attached hydrogens (tertiary/aromatic N) is 3. The van der Waals surface area contributed by atoms with Gasteiger partial charge < -0.3 is 26.0 Å². The first kappa shape index (κ1) is 34.5. The predicted molar refractivity (Wildman–Crippen MR) is 172 cm³/mol. The maximum atomic E-state index is 15.3. The Morgan fingerprint density at radius 3 is 2.46 bits per heavy atom. The summed E-state index contributed by atoms with van der Waals surface area (Å²) in [6, 6.07) is 10.7. The fraction of sp³-hybridized carbons (Fsp3) is 0.258. The van der Waals surface area contributed by atoms with Crippen molar-refractivity contribution in [3.8, 4) is 11.1 Å². The van der Waals surface area contributed by atoms with Gasteiger partial charge in [0.05, 0.1) is 39.9 Å². The number of nitrogens with one attached hydrogen (secondary N) is 5. The molecule has 0 spiro atoms. The van der Waals surface area contributed by atoms with Gasteiger partial charge in [-0.15, -0.1) is 0 Å². The summed E-state index contributed by atoms with van der Waals surface area (Å²) in [6.45, 7) is 3.94. The van der Waals surface area contributed by atoms with Crippen molar-refractivity contribution >= 4 is 44.6 Å². The van der Waals surface area contributed by atoms with Crippen LogP contribution in [-0.2, 0) is 20.6 Å². The fourth-order valence-electron chi connectivity index (χ4n) is 4.75. The molecule has 1 atom stereocenters. The van der Waals surface area contributed by atoms with Crippen LogP contribution in [0.3, 0.4) is 0 Å². The summed E-state index contributed by atoms with van der Waals surface area (Å²) < 4.78 is 93.9. The van der Waals surface area contributed by atoms with Crippen LogP contribution in [0.2, 0.25) is 0 Å². The van der Waals surface area contributed by atoms with Crippen molar-refractivity contribution in [1.29, 1.82) is 4.78 Å². The second-order valence-electron chi connectivity index (χ2n) is 10.8. The smallest absolute Gasteiger partial charge is 0.379 e. The molecule has 1 aliphatic rings. The lowest BCUT2D eigenvalue weighted by Crippen LogP contribution is -2.39. The zero-order chi connectivity index (χ0) is 34.5. The summed E-state index contributed by atoms with van der Waals surface area (Å²) in [5, 5.41) is 10.5. The quantitative estimate of drug-likeness (QED) is 0.117. The molecule has 1 aliphatic heterocycles. The van der Waals surface area contributed by atoms with Crippen LogP contribution in [-0.4, -0.2) is 70.8 Å². The lowest BCUT2D eigenvalue weighted by molar-refractivity contribution is -0.137. The molecule has 3 aromatic carbocycles. The third-order valence-corrected chi connectivity index (χ3v) is 8.38. The number of carbonyl (C=O) groups excluding carboxylic acids is 1. The van der Waals surface area contributed by atoms with Gasteiger partial charge in [0, 0.05) is 54.8 Å². The highest BCUT2D eigenvalue weighted by molar-refractivity contribution is 7.91. The second kappa shape index (κ2) is 14.5. The van der Waals surface area contributed by atoms with Crippen LogP contribution in [0.1, 0.15) is 5.56 Å². The van der Waals surface area contributed by atoms with Gasteiger partial charge in [-0.25, -0.2) is 27.5 Å². The van der Waals surface area contributed by atoms with Crippen LogP contribution in [0.5, 0.6) is 0 Å². The largest absolute Gasteiger partial charge is 0.416 e. The number of anilines is 5. The average Bonchev–Trinajstić information content (AvgIpc) is 3.03. The molecule has 2 heterocycles. The van der Waals surface area contributed by atoms with Gasteiger partial charge in [-0.2, -0.15) is 18.2 Å². The van der Waals surface area contributed by atoms with Gasteiger partial charge in [-0.3, -0.25) is 4.90 Å². The number of hydrogen-bond donors (Lipinski definition) is 5. The number of urea groups is 1. The number of aromatic nitrogens is 2. The molecule has 5 N–H and O–H groups in total. The maximum Gasteiger partial charge on any atom is 0.416 e. The van der Waals surface area contributed by atoms with E-state index >= 15 is 4.39 Å². The molecule has 17 heteroatoms. The number of carbonyl (C=O) groups is 1. The predicted octanol–water partition coefficient (Wildman–Crippen LogP) is 6.61. The number of benzene rings is 3. The highest BCUT2D eigenvalue weighted by Crippen LogP contribution is 2.33. The normalized spacial score (nSPS) is 15.0. The van der Waals surface area contributed by atoms with Gasteiger partial charge in [-0.05, 0) is 54.1 Å². The molecule has 0 unspecified atom stereocenters. The number of halogens is 5. The first-order valence-electron chi connectivity index (χ1n) is 14.5. The lowest BCUT2D eigenvalue weighted by Gasteiger charge is -2.26. The van der Waals surface area contributed by atoms with Crippen molar-refractivity contribution in [1.82, 2.24) is 14.9 Å². The van der Waals surface area contributed by atoms with E-state index < -0.39 is 44.8 Å². The molecule has 5 rings (SSSR count). The minimum Gasteiger partial charge on any atom is -0.379 e. The third kappa shape index (κ3) is 8.93. The number of rotatable bonds is 10. The van der Waals surface area contributed by atoms with Gasteiger partial charge >= 0.3 is 12.2 Å². The van der Waals surface area contributed by atoms with E-state index in [4.69, 9.17) is 9.52 Å². The van der Waals surface area contributed by atoms with E-state index in [1.165, 1.54) is 24.6 Å². The van der Waals surface area contributed by atoms with Crippen molar-refractivity contribution in [3.05, 3.63) is 84.1 Å². The first-order valence-corrected chi connectivity index (χ1v) is 16.5. The van der Waals surface area contributed by atoms with Gasteiger partial charge in [0.2, 0.25) is 5.95 Å². The van der Waals surface area contributed by atoms with E-state index in [2.05, 4.69) is 30.8 Å². The average molecular weight is 691 g/mol. The van der Waals surface area contributed by atoms with Gasteiger partial charge in [-0.1, -0.05) is 12.1 Å². The molecule has 0 aliphatic carbocycles. The number of amides is 2. The Balaban J connectivity index is 1.36. The molecule has 1 aromatic heterocycles. The summed E-state index contributed by atoms with van der Waals surface area (Å²) in [5.74, 6) is -1.46. The van der Waals surface area contributed by atoms with Crippen LogP contribution in [0.25, 0.3) is 11.1 Å². The molecule has 2 amide bonds. The van der Waals surface area contributed by atoms with Gasteiger partial charge in [0.15, 0.2) is 0 Å². The molecule has 1 saturated heterocycles. The molecular formula is C31H31F5N8O3S.